The van der Waals surface area contributed by atoms with Gasteiger partial charge in [-0.25, -0.2) is 4.98 Å². The first kappa shape index (κ1) is 36.8. The molecule has 0 saturated carbocycles. The quantitative estimate of drug-likeness (QED) is 0.107. The van der Waals surface area contributed by atoms with E-state index in [1.54, 1.807) is 53.1 Å². The molecule has 0 aliphatic heterocycles. The summed E-state index contributed by atoms with van der Waals surface area (Å²) in [4.78, 5) is 18.2. The topological polar surface area (TPSA) is 80.6 Å². The number of alkyl halides is 6. The number of para-hydroxylation sites is 2. The Hall–Kier alpha value is -5.53. The van der Waals surface area contributed by atoms with Gasteiger partial charge in [0.15, 0.2) is 5.78 Å². The van der Waals surface area contributed by atoms with Crippen LogP contribution in [-0.2, 0) is 38.5 Å². The van der Waals surface area contributed by atoms with Crippen LogP contribution >= 0.6 is 23.2 Å². The monoisotopic (exact) mass is 780 g/mol. The molecule has 0 fully saturated rings. The summed E-state index contributed by atoms with van der Waals surface area (Å²) in [6.07, 6.45) is -9.19. The Bertz CT molecular complexity index is 2610. The number of rotatable bonds is 10. The van der Waals surface area contributed by atoms with Crippen molar-refractivity contribution in [2.75, 3.05) is 5.32 Å². The first-order chi connectivity index (χ1) is 25.7. The van der Waals surface area contributed by atoms with Gasteiger partial charge in [0.05, 0.1) is 62.9 Å². The average molecular weight is 782 g/mol. The van der Waals surface area contributed by atoms with E-state index in [0.29, 0.717) is 33.6 Å². The fraction of sp³-hybridized carbons (Fsp3) is 0.154. The summed E-state index contributed by atoms with van der Waals surface area (Å²) >= 11 is 12.2. The molecule has 276 valence electrons. The van der Waals surface area contributed by atoms with Gasteiger partial charge >= 0.3 is 12.4 Å². The molecule has 5 aromatic carbocycles. The molecule has 0 spiro atoms. The van der Waals surface area contributed by atoms with Gasteiger partial charge in [0.2, 0.25) is 11.6 Å². The first-order valence-corrected chi connectivity index (χ1v) is 17.2. The summed E-state index contributed by atoms with van der Waals surface area (Å²) in [5.41, 5.74) is 1.02. The van der Waals surface area contributed by atoms with Crippen molar-refractivity contribution in [2.45, 2.75) is 38.5 Å². The zero-order valence-electron chi connectivity index (χ0n) is 27.9. The number of ketones is 1. The molecule has 0 bridgehead atoms. The number of imidazole rings is 2. The molecule has 0 radical (unpaired) electrons. The Morgan fingerprint density at radius 1 is 0.667 bits per heavy atom. The number of fused-ring (bicyclic) bond motifs is 2. The smallest absolute Gasteiger partial charge is 0.352 e. The van der Waals surface area contributed by atoms with E-state index >= 15 is 0 Å². The molecule has 54 heavy (non-hydrogen) atoms. The van der Waals surface area contributed by atoms with Crippen LogP contribution in [0.4, 0.5) is 32.3 Å². The van der Waals surface area contributed by atoms with Crippen LogP contribution in [0.5, 0.6) is 0 Å². The van der Waals surface area contributed by atoms with Gasteiger partial charge < -0.3 is 19.0 Å². The molecule has 0 amide bonds. The standard InChI is InChI=1S/C39H28Cl2F6N6O/c40-29-15-14-24(18-30(29)41)35(54)22-52-34-17-23(13-16-33(34)51(36(52)48)20-25-7-1-3-9-27(25)38(42,43)44)19-49-37-50-31-11-5-6-12-32(31)53(37)21-26-8-2-4-10-28(26)39(45,46)47/h1-18,48H,19-22H2,(H,49,50). The van der Waals surface area contributed by atoms with Gasteiger partial charge in [-0.05, 0) is 71.3 Å². The van der Waals surface area contributed by atoms with Crippen molar-refractivity contribution in [1.29, 1.82) is 5.41 Å². The fourth-order valence-electron chi connectivity index (χ4n) is 6.48. The minimum absolute atomic E-state index is 0.0571. The van der Waals surface area contributed by atoms with Crippen molar-refractivity contribution >= 4 is 57.0 Å². The minimum Gasteiger partial charge on any atom is -0.352 e. The SMILES string of the molecule is N=c1n(CC(=O)c2ccc(Cl)c(Cl)c2)c2cc(CNc3nc4ccccc4n3Cc3ccccc3C(F)(F)F)ccc2n1Cc1ccccc1C(F)(F)F. The van der Waals surface area contributed by atoms with Crippen molar-refractivity contribution in [3.05, 3.63) is 158 Å². The maximum absolute atomic E-state index is 14.0. The van der Waals surface area contributed by atoms with Crippen LogP contribution in [0.1, 0.15) is 38.2 Å². The van der Waals surface area contributed by atoms with Crippen LogP contribution in [0, 0.1) is 5.41 Å². The van der Waals surface area contributed by atoms with Crippen LogP contribution in [-0.4, -0.2) is 24.5 Å². The Balaban J connectivity index is 1.27. The van der Waals surface area contributed by atoms with Crippen molar-refractivity contribution in [1.82, 2.24) is 18.7 Å². The Morgan fingerprint density at radius 2 is 1.28 bits per heavy atom. The number of hydrogen-bond donors (Lipinski definition) is 2. The van der Waals surface area contributed by atoms with Gasteiger partial charge in [-0.2, -0.15) is 26.3 Å². The highest BCUT2D eigenvalue weighted by Gasteiger charge is 2.34. The lowest BCUT2D eigenvalue weighted by molar-refractivity contribution is -0.139. The van der Waals surface area contributed by atoms with Gasteiger partial charge in [-0.15, -0.1) is 0 Å². The molecule has 0 atom stereocenters. The minimum atomic E-state index is -4.63. The van der Waals surface area contributed by atoms with Crippen molar-refractivity contribution in [2.24, 2.45) is 0 Å². The molecule has 15 heteroatoms. The average Bonchev–Trinajstić information content (AvgIpc) is 3.61. The van der Waals surface area contributed by atoms with Gasteiger partial charge in [0.25, 0.3) is 0 Å². The number of halogens is 8. The van der Waals surface area contributed by atoms with E-state index in [4.69, 9.17) is 28.6 Å². The highest BCUT2D eigenvalue weighted by molar-refractivity contribution is 6.42. The maximum Gasteiger partial charge on any atom is 0.416 e. The second-order valence-electron chi connectivity index (χ2n) is 12.5. The maximum atomic E-state index is 14.0. The second kappa shape index (κ2) is 14.4. The number of nitrogens with zero attached hydrogens (tertiary/aromatic N) is 4. The predicted molar refractivity (Wildman–Crippen MR) is 195 cm³/mol. The highest BCUT2D eigenvalue weighted by atomic mass is 35.5. The zero-order chi connectivity index (χ0) is 38.4. The molecule has 0 aliphatic rings. The third-order valence-electron chi connectivity index (χ3n) is 9.08. The summed E-state index contributed by atoms with van der Waals surface area (Å²) in [5.74, 6) is -0.114. The van der Waals surface area contributed by atoms with Crippen molar-refractivity contribution in [3.8, 4) is 0 Å². The lowest BCUT2D eigenvalue weighted by Gasteiger charge is -2.16. The molecular formula is C39H28Cl2F6N6O. The lowest BCUT2D eigenvalue weighted by Crippen LogP contribution is -2.28. The highest BCUT2D eigenvalue weighted by Crippen LogP contribution is 2.34. The molecule has 0 unspecified atom stereocenters. The van der Waals surface area contributed by atoms with Crippen LogP contribution in [0.15, 0.2) is 109 Å². The summed E-state index contributed by atoms with van der Waals surface area (Å²) in [6.45, 7) is -0.651. The Labute approximate surface area is 313 Å². The normalized spacial score (nSPS) is 12.1. The number of hydrogen-bond acceptors (Lipinski definition) is 4. The third-order valence-corrected chi connectivity index (χ3v) is 9.82. The lowest BCUT2D eigenvalue weighted by atomic mass is 10.1. The number of nitrogens with one attached hydrogen (secondary N) is 2. The number of Topliss-reactive ketones (excluding diaryl/α,β-unsaturated/α-hetero) is 1. The van der Waals surface area contributed by atoms with Gasteiger partial charge in [-0.1, -0.05) is 77.8 Å². The third kappa shape index (κ3) is 7.33. The van der Waals surface area contributed by atoms with E-state index in [1.807, 2.05) is 0 Å². The van der Waals surface area contributed by atoms with E-state index in [0.717, 1.165) is 12.1 Å². The Morgan fingerprint density at radius 3 is 1.93 bits per heavy atom. The molecule has 7 aromatic rings. The number of benzene rings is 5. The van der Waals surface area contributed by atoms with Crippen LogP contribution in [0.25, 0.3) is 22.1 Å². The molecular weight excluding hydrogens is 753 g/mol. The van der Waals surface area contributed by atoms with Crippen LogP contribution in [0.2, 0.25) is 10.0 Å². The number of carbonyl (C=O) groups is 1. The predicted octanol–water partition coefficient (Wildman–Crippen LogP) is 10.2. The van der Waals surface area contributed by atoms with Crippen molar-refractivity contribution in [3.63, 3.8) is 0 Å². The molecule has 2 aromatic heterocycles. The van der Waals surface area contributed by atoms with Gasteiger partial charge in [-0.3, -0.25) is 10.2 Å². The van der Waals surface area contributed by atoms with E-state index in [1.165, 1.54) is 57.7 Å². The van der Waals surface area contributed by atoms with Gasteiger partial charge in [0.1, 0.15) is 0 Å². The molecule has 2 heterocycles. The van der Waals surface area contributed by atoms with Crippen LogP contribution < -0.4 is 10.9 Å². The zero-order valence-corrected chi connectivity index (χ0v) is 29.5. The number of aromatic nitrogens is 4. The van der Waals surface area contributed by atoms with E-state index in [2.05, 4.69) is 10.3 Å². The summed E-state index contributed by atoms with van der Waals surface area (Å²) in [7, 11) is 0. The second-order valence-corrected chi connectivity index (χ2v) is 13.4. The summed E-state index contributed by atoms with van der Waals surface area (Å²) in [6, 6.07) is 26.9. The van der Waals surface area contributed by atoms with E-state index in [9.17, 15) is 31.1 Å². The Kier molecular flexibility index (Phi) is 9.79. The van der Waals surface area contributed by atoms with E-state index < -0.39 is 29.3 Å². The largest absolute Gasteiger partial charge is 0.416 e. The molecule has 7 nitrogen and oxygen atoms in total. The molecule has 7 rings (SSSR count). The van der Waals surface area contributed by atoms with Gasteiger partial charge in [0, 0.05) is 12.1 Å². The van der Waals surface area contributed by atoms with Crippen molar-refractivity contribution < 1.29 is 31.1 Å². The number of anilines is 1. The molecule has 2 N–H and O–H groups in total. The summed E-state index contributed by atoms with van der Waals surface area (Å²) in [5, 5.41) is 12.7. The molecule has 0 saturated heterocycles. The fourth-order valence-corrected chi connectivity index (χ4v) is 6.78. The number of carbonyl (C=O) groups excluding carboxylic acids is 1. The first-order valence-electron chi connectivity index (χ1n) is 16.4. The van der Waals surface area contributed by atoms with E-state index in [-0.39, 0.29) is 58.5 Å². The summed E-state index contributed by atoms with van der Waals surface area (Å²) < 4.78 is 88.1. The van der Waals surface area contributed by atoms with Crippen LogP contribution in [0.3, 0.4) is 0 Å². The molecule has 0 aliphatic carbocycles.